The van der Waals surface area contributed by atoms with Gasteiger partial charge in [-0.05, 0) is 25.5 Å². The fourth-order valence-corrected chi connectivity index (χ4v) is 3.51. The van der Waals surface area contributed by atoms with Crippen molar-refractivity contribution in [2.24, 2.45) is 5.73 Å². The quantitative estimate of drug-likeness (QED) is 0.790. The predicted octanol–water partition coefficient (Wildman–Crippen LogP) is 2.25. The van der Waals surface area contributed by atoms with Gasteiger partial charge in [0.2, 0.25) is 0 Å². The zero-order valence-corrected chi connectivity index (χ0v) is 10.3. The zero-order valence-electron chi connectivity index (χ0n) is 9.53. The molecule has 1 heterocycles. The van der Waals surface area contributed by atoms with Crippen molar-refractivity contribution in [2.45, 2.75) is 30.0 Å². The second kappa shape index (κ2) is 4.06. The van der Waals surface area contributed by atoms with Crippen molar-refractivity contribution in [2.75, 3.05) is 18.5 Å². The lowest BCUT2D eigenvalue weighted by atomic mass is 10.1. The van der Waals surface area contributed by atoms with Crippen LogP contribution in [0.15, 0.2) is 23.1 Å². The van der Waals surface area contributed by atoms with Crippen molar-refractivity contribution < 1.29 is 0 Å². The molecular formula is C12H18N2S. The molecule has 1 aromatic carbocycles. The molecule has 0 fully saturated rings. The Labute approximate surface area is 95.8 Å². The molecule has 3 heteroatoms. The van der Waals surface area contributed by atoms with Crippen molar-refractivity contribution >= 4 is 17.4 Å². The van der Waals surface area contributed by atoms with Crippen LogP contribution < -0.4 is 10.6 Å². The van der Waals surface area contributed by atoms with Crippen LogP contribution in [0.3, 0.4) is 0 Å². The third kappa shape index (κ3) is 1.74. The summed E-state index contributed by atoms with van der Waals surface area (Å²) in [7, 11) is 2.17. The smallest absolute Gasteiger partial charge is 0.0534 e. The number of hydrogen-bond donors (Lipinski definition) is 1. The Kier molecular flexibility index (Phi) is 2.94. The maximum absolute atomic E-state index is 5.80. The minimum Gasteiger partial charge on any atom is -0.370 e. The lowest BCUT2D eigenvalue weighted by Crippen LogP contribution is -2.44. The summed E-state index contributed by atoms with van der Waals surface area (Å²) in [5.74, 6) is 0. The van der Waals surface area contributed by atoms with Crippen LogP contribution in [-0.4, -0.2) is 24.9 Å². The Balaban J connectivity index is 2.45. The molecule has 1 aromatic rings. The van der Waals surface area contributed by atoms with Crippen LogP contribution in [-0.2, 0) is 0 Å². The Morgan fingerprint density at radius 1 is 1.47 bits per heavy atom. The lowest BCUT2D eigenvalue weighted by molar-refractivity contribution is 0.635. The maximum Gasteiger partial charge on any atom is 0.0534 e. The SMILES string of the molecule is Cc1cccc2c1N(C)C(C)C(CN)S2. The summed E-state index contributed by atoms with van der Waals surface area (Å²) in [6.45, 7) is 5.16. The molecule has 0 bridgehead atoms. The number of aryl methyl sites for hydroxylation is 1. The second-order valence-electron chi connectivity index (χ2n) is 4.17. The van der Waals surface area contributed by atoms with Gasteiger partial charge in [0.05, 0.1) is 5.69 Å². The highest BCUT2D eigenvalue weighted by Gasteiger charge is 2.29. The number of nitrogens with two attached hydrogens (primary N) is 1. The van der Waals surface area contributed by atoms with Gasteiger partial charge in [-0.15, -0.1) is 11.8 Å². The van der Waals surface area contributed by atoms with Gasteiger partial charge in [0, 0.05) is 29.8 Å². The molecule has 2 unspecified atom stereocenters. The van der Waals surface area contributed by atoms with Crippen molar-refractivity contribution in [3.8, 4) is 0 Å². The fourth-order valence-electron chi connectivity index (χ4n) is 2.14. The van der Waals surface area contributed by atoms with Gasteiger partial charge in [0.1, 0.15) is 0 Å². The largest absolute Gasteiger partial charge is 0.370 e. The number of thioether (sulfide) groups is 1. The fraction of sp³-hybridized carbons (Fsp3) is 0.500. The molecule has 82 valence electrons. The average Bonchev–Trinajstić information content (AvgIpc) is 2.23. The summed E-state index contributed by atoms with van der Waals surface area (Å²) >= 11 is 1.92. The molecule has 0 amide bonds. The van der Waals surface area contributed by atoms with Gasteiger partial charge in [-0.25, -0.2) is 0 Å². The molecule has 0 spiro atoms. The Bertz CT molecular complexity index is 365. The second-order valence-corrected chi connectivity index (χ2v) is 5.45. The molecule has 2 N–H and O–H groups in total. The van der Waals surface area contributed by atoms with Crippen LogP contribution in [0.5, 0.6) is 0 Å². The van der Waals surface area contributed by atoms with E-state index < -0.39 is 0 Å². The van der Waals surface area contributed by atoms with Crippen molar-refractivity contribution in [3.05, 3.63) is 23.8 Å². The molecular weight excluding hydrogens is 204 g/mol. The maximum atomic E-state index is 5.80. The van der Waals surface area contributed by atoms with Crippen molar-refractivity contribution in [3.63, 3.8) is 0 Å². The van der Waals surface area contributed by atoms with Gasteiger partial charge in [0.25, 0.3) is 0 Å². The number of hydrogen-bond acceptors (Lipinski definition) is 3. The summed E-state index contributed by atoms with van der Waals surface area (Å²) in [5.41, 5.74) is 8.53. The van der Waals surface area contributed by atoms with Crippen molar-refractivity contribution in [1.82, 2.24) is 0 Å². The first-order valence-corrected chi connectivity index (χ1v) is 6.22. The highest BCUT2D eigenvalue weighted by molar-refractivity contribution is 8.00. The average molecular weight is 222 g/mol. The topological polar surface area (TPSA) is 29.3 Å². The number of nitrogens with zero attached hydrogens (tertiary/aromatic N) is 1. The van der Waals surface area contributed by atoms with Gasteiger partial charge in [0.15, 0.2) is 0 Å². The van der Waals surface area contributed by atoms with Crippen LogP contribution in [0.25, 0.3) is 0 Å². The van der Waals surface area contributed by atoms with E-state index in [0.717, 1.165) is 6.54 Å². The van der Waals surface area contributed by atoms with Crippen LogP contribution in [0.2, 0.25) is 0 Å². The molecule has 0 saturated heterocycles. The molecule has 0 saturated carbocycles. The summed E-state index contributed by atoms with van der Waals surface area (Å²) in [6, 6.07) is 7.00. The number of fused-ring (bicyclic) bond motifs is 1. The summed E-state index contributed by atoms with van der Waals surface area (Å²) in [4.78, 5) is 3.73. The normalized spacial score (nSPS) is 25.2. The standard InChI is InChI=1S/C12H18N2S/c1-8-5-4-6-10-12(8)14(3)9(2)11(7-13)15-10/h4-6,9,11H,7,13H2,1-3H3. The summed E-state index contributed by atoms with van der Waals surface area (Å²) in [6.07, 6.45) is 0. The number of benzene rings is 1. The highest BCUT2D eigenvalue weighted by Crippen LogP contribution is 2.42. The van der Waals surface area contributed by atoms with E-state index in [1.807, 2.05) is 11.8 Å². The van der Waals surface area contributed by atoms with E-state index in [-0.39, 0.29) is 0 Å². The van der Waals surface area contributed by atoms with Crippen molar-refractivity contribution in [1.29, 1.82) is 0 Å². The van der Waals surface area contributed by atoms with Gasteiger partial charge < -0.3 is 10.6 Å². The van der Waals surface area contributed by atoms with Crippen LogP contribution in [0, 0.1) is 6.92 Å². The van der Waals surface area contributed by atoms with Gasteiger partial charge in [-0.2, -0.15) is 0 Å². The third-order valence-corrected chi connectivity index (χ3v) is 4.69. The first kappa shape index (κ1) is 10.8. The van der Waals surface area contributed by atoms with E-state index in [0.29, 0.717) is 11.3 Å². The molecule has 1 aliphatic heterocycles. The molecule has 0 aromatic heterocycles. The predicted molar refractivity (Wildman–Crippen MR) is 67.7 cm³/mol. The first-order chi connectivity index (χ1) is 7.15. The molecule has 1 aliphatic rings. The number of para-hydroxylation sites is 1. The van der Waals surface area contributed by atoms with E-state index in [9.17, 15) is 0 Å². The zero-order chi connectivity index (χ0) is 11.0. The minimum absolute atomic E-state index is 0.504. The Hall–Kier alpha value is -0.670. The Morgan fingerprint density at radius 2 is 2.20 bits per heavy atom. The molecule has 0 aliphatic carbocycles. The highest BCUT2D eigenvalue weighted by atomic mass is 32.2. The van der Waals surface area contributed by atoms with Gasteiger partial charge >= 0.3 is 0 Å². The molecule has 15 heavy (non-hydrogen) atoms. The minimum atomic E-state index is 0.504. The van der Waals surface area contributed by atoms with E-state index in [4.69, 9.17) is 5.73 Å². The Morgan fingerprint density at radius 3 is 2.87 bits per heavy atom. The first-order valence-electron chi connectivity index (χ1n) is 5.34. The number of rotatable bonds is 1. The summed E-state index contributed by atoms with van der Waals surface area (Å²) < 4.78 is 0. The molecule has 2 nitrogen and oxygen atoms in total. The van der Waals surface area contributed by atoms with Gasteiger partial charge in [-0.1, -0.05) is 12.1 Å². The van der Waals surface area contributed by atoms with E-state index in [1.165, 1.54) is 16.1 Å². The molecule has 0 radical (unpaired) electrons. The monoisotopic (exact) mass is 222 g/mol. The van der Waals surface area contributed by atoms with E-state index in [2.05, 4.69) is 44.0 Å². The van der Waals surface area contributed by atoms with Gasteiger partial charge in [-0.3, -0.25) is 0 Å². The van der Waals surface area contributed by atoms with Crippen LogP contribution in [0.4, 0.5) is 5.69 Å². The lowest BCUT2D eigenvalue weighted by Gasteiger charge is -2.39. The van der Waals surface area contributed by atoms with Crippen LogP contribution >= 0.6 is 11.8 Å². The summed E-state index contributed by atoms with van der Waals surface area (Å²) in [5, 5.41) is 0.504. The van der Waals surface area contributed by atoms with E-state index in [1.54, 1.807) is 0 Å². The van der Waals surface area contributed by atoms with Crippen LogP contribution in [0.1, 0.15) is 12.5 Å². The number of anilines is 1. The molecule has 2 rings (SSSR count). The van der Waals surface area contributed by atoms with E-state index >= 15 is 0 Å². The third-order valence-electron chi connectivity index (χ3n) is 3.21. The molecule has 2 atom stereocenters.